The summed E-state index contributed by atoms with van der Waals surface area (Å²) >= 11 is 1.62. The molecule has 0 saturated carbocycles. The van der Waals surface area contributed by atoms with Gasteiger partial charge in [0.05, 0.1) is 0 Å². The summed E-state index contributed by atoms with van der Waals surface area (Å²) in [5, 5.41) is 8.35. The lowest BCUT2D eigenvalue weighted by molar-refractivity contribution is 0.454. The molecule has 0 aromatic carbocycles. The maximum Gasteiger partial charge on any atom is 0.156 e. The smallest absolute Gasteiger partial charge is 0.156 e. The van der Waals surface area contributed by atoms with Crippen LogP contribution in [0.3, 0.4) is 0 Å². The summed E-state index contributed by atoms with van der Waals surface area (Å²) in [5.74, 6) is 1.04. The second-order valence-corrected chi connectivity index (χ2v) is 4.47. The van der Waals surface area contributed by atoms with Gasteiger partial charge in [0.15, 0.2) is 5.17 Å². The normalized spacial score (nSPS) is 16.4. The lowest BCUT2D eigenvalue weighted by atomic mass is 10.2. The fraction of sp³-hybridized carbons (Fsp3) is 0.400. The highest BCUT2D eigenvalue weighted by Crippen LogP contribution is 2.18. The molecule has 1 aliphatic rings. The molecule has 0 amide bonds. The molecule has 1 fully saturated rings. The summed E-state index contributed by atoms with van der Waals surface area (Å²) in [4.78, 5) is 6.32. The zero-order chi connectivity index (χ0) is 9.97. The number of hydrogen-bond acceptors (Lipinski definition) is 3. The minimum Gasteiger partial charge on any atom is -0.346 e. The first-order valence-corrected chi connectivity index (χ1v) is 5.62. The van der Waals surface area contributed by atoms with E-state index in [0.29, 0.717) is 5.17 Å². The summed E-state index contributed by atoms with van der Waals surface area (Å²) in [5.41, 5.74) is 2.22. The van der Waals surface area contributed by atoms with Crippen molar-refractivity contribution in [2.24, 2.45) is 0 Å². The third-order valence-electron chi connectivity index (χ3n) is 2.23. The van der Waals surface area contributed by atoms with Crippen molar-refractivity contribution in [3.05, 3.63) is 29.6 Å². The van der Waals surface area contributed by atoms with E-state index >= 15 is 0 Å². The molecule has 0 aliphatic carbocycles. The van der Waals surface area contributed by atoms with E-state index in [1.807, 2.05) is 19.2 Å². The van der Waals surface area contributed by atoms with Crippen LogP contribution in [0.4, 0.5) is 0 Å². The van der Waals surface area contributed by atoms with Crippen LogP contribution >= 0.6 is 11.8 Å². The average molecular weight is 207 g/mol. The van der Waals surface area contributed by atoms with E-state index < -0.39 is 0 Å². The molecule has 1 aliphatic heterocycles. The fourth-order valence-electron chi connectivity index (χ4n) is 1.41. The molecule has 0 radical (unpaired) electrons. The number of aryl methyl sites for hydroxylation is 1. The van der Waals surface area contributed by atoms with Crippen LogP contribution in [0, 0.1) is 12.3 Å². The quantitative estimate of drug-likeness (QED) is 0.804. The molecular weight excluding hydrogens is 194 g/mol. The minimum atomic E-state index is 0.686. The monoisotopic (exact) mass is 207 g/mol. The number of amidine groups is 1. The lowest BCUT2D eigenvalue weighted by Crippen LogP contribution is -2.22. The van der Waals surface area contributed by atoms with Crippen LogP contribution in [0.2, 0.25) is 0 Å². The Balaban J connectivity index is 2.03. The molecule has 2 rings (SSSR count). The maximum atomic E-state index is 7.67. The summed E-state index contributed by atoms with van der Waals surface area (Å²) in [6, 6.07) is 4.10. The largest absolute Gasteiger partial charge is 0.346 e. The number of nitrogens with zero attached hydrogens (tertiary/aromatic N) is 2. The Morgan fingerprint density at radius 2 is 2.43 bits per heavy atom. The van der Waals surface area contributed by atoms with Crippen molar-refractivity contribution in [1.82, 2.24) is 9.88 Å². The molecule has 74 valence electrons. The summed E-state index contributed by atoms with van der Waals surface area (Å²) in [6.45, 7) is 3.79. The van der Waals surface area contributed by atoms with Crippen LogP contribution in [0.15, 0.2) is 18.3 Å². The predicted octanol–water partition coefficient (Wildman–Crippen LogP) is 1.87. The highest BCUT2D eigenvalue weighted by atomic mass is 32.2. The second-order valence-electron chi connectivity index (χ2n) is 3.38. The van der Waals surface area contributed by atoms with Gasteiger partial charge >= 0.3 is 0 Å². The molecule has 4 heteroatoms. The standard InChI is InChI=1S/C10H13N3S/c1-8-2-3-9(6-12-8)7-13-4-5-14-10(13)11/h2-3,6,11H,4-5,7H2,1H3. The van der Waals surface area contributed by atoms with Crippen LogP contribution < -0.4 is 0 Å². The van der Waals surface area contributed by atoms with Crippen LogP contribution in [-0.4, -0.2) is 27.3 Å². The second kappa shape index (κ2) is 4.00. The van der Waals surface area contributed by atoms with Gasteiger partial charge in [-0.25, -0.2) is 0 Å². The van der Waals surface area contributed by atoms with Crippen molar-refractivity contribution in [1.29, 1.82) is 5.41 Å². The van der Waals surface area contributed by atoms with Crippen LogP contribution in [-0.2, 0) is 6.54 Å². The van der Waals surface area contributed by atoms with E-state index in [1.165, 1.54) is 5.56 Å². The summed E-state index contributed by atoms with van der Waals surface area (Å²) in [7, 11) is 0. The summed E-state index contributed by atoms with van der Waals surface area (Å²) in [6.07, 6.45) is 1.89. The third-order valence-corrected chi connectivity index (χ3v) is 3.15. The number of thioether (sulfide) groups is 1. The first-order valence-electron chi connectivity index (χ1n) is 4.63. The first kappa shape index (κ1) is 9.52. The van der Waals surface area contributed by atoms with Gasteiger partial charge in [-0.1, -0.05) is 17.8 Å². The van der Waals surface area contributed by atoms with E-state index in [4.69, 9.17) is 5.41 Å². The number of pyridine rings is 1. The van der Waals surface area contributed by atoms with Crippen molar-refractivity contribution < 1.29 is 0 Å². The van der Waals surface area contributed by atoms with Gasteiger partial charge in [0, 0.05) is 30.7 Å². The topological polar surface area (TPSA) is 40.0 Å². The highest BCUT2D eigenvalue weighted by Gasteiger charge is 2.17. The molecule has 1 saturated heterocycles. The van der Waals surface area contributed by atoms with Gasteiger partial charge in [0.25, 0.3) is 0 Å². The van der Waals surface area contributed by atoms with Gasteiger partial charge in [0.1, 0.15) is 0 Å². The summed E-state index contributed by atoms with van der Waals surface area (Å²) < 4.78 is 0. The Bertz CT molecular complexity index is 334. The Kier molecular flexibility index (Phi) is 2.72. The highest BCUT2D eigenvalue weighted by molar-refractivity contribution is 8.14. The lowest BCUT2D eigenvalue weighted by Gasteiger charge is -2.16. The average Bonchev–Trinajstić information content (AvgIpc) is 2.56. The molecule has 0 atom stereocenters. The van der Waals surface area contributed by atoms with Gasteiger partial charge in [-0.05, 0) is 18.6 Å². The molecule has 14 heavy (non-hydrogen) atoms. The van der Waals surface area contributed by atoms with Crippen molar-refractivity contribution >= 4 is 16.9 Å². The van der Waals surface area contributed by atoms with Crippen molar-refractivity contribution in [3.8, 4) is 0 Å². The van der Waals surface area contributed by atoms with Gasteiger partial charge in [0.2, 0.25) is 0 Å². The zero-order valence-corrected chi connectivity index (χ0v) is 8.97. The molecule has 0 spiro atoms. The number of aromatic nitrogens is 1. The Morgan fingerprint density at radius 1 is 1.57 bits per heavy atom. The number of nitrogens with one attached hydrogen (secondary N) is 1. The van der Waals surface area contributed by atoms with Gasteiger partial charge in [-0.3, -0.25) is 10.4 Å². The van der Waals surface area contributed by atoms with E-state index in [-0.39, 0.29) is 0 Å². The van der Waals surface area contributed by atoms with Crippen molar-refractivity contribution in [2.75, 3.05) is 12.3 Å². The molecule has 2 heterocycles. The number of rotatable bonds is 2. The van der Waals surface area contributed by atoms with Crippen molar-refractivity contribution in [3.63, 3.8) is 0 Å². The maximum absolute atomic E-state index is 7.67. The van der Waals surface area contributed by atoms with Crippen LogP contribution in [0.1, 0.15) is 11.3 Å². The SMILES string of the molecule is Cc1ccc(CN2CCSC2=N)cn1. The molecular formula is C10H13N3S. The molecule has 1 N–H and O–H groups in total. The van der Waals surface area contributed by atoms with E-state index in [1.54, 1.807) is 11.8 Å². The van der Waals surface area contributed by atoms with Crippen LogP contribution in [0.25, 0.3) is 0 Å². The Hall–Kier alpha value is -1.03. The van der Waals surface area contributed by atoms with Gasteiger partial charge in [-0.15, -0.1) is 0 Å². The first-order chi connectivity index (χ1) is 6.75. The Morgan fingerprint density at radius 3 is 3.00 bits per heavy atom. The molecule has 0 unspecified atom stereocenters. The van der Waals surface area contributed by atoms with Crippen molar-refractivity contribution in [2.45, 2.75) is 13.5 Å². The Labute approximate surface area is 88.0 Å². The zero-order valence-electron chi connectivity index (χ0n) is 8.16. The predicted molar refractivity (Wildman–Crippen MR) is 59.6 cm³/mol. The third kappa shape index (κ3) is 2.07. The van der Waals surface area contributed by atoms with Gasteiger partial charge in [-0.2, -0.15) is 0 Å². The molecule has 1 aromatic rings. The van der Waals surface area contributed by atoms with E-state index in [0.717, 1.165) is 24.5 Å². The fourth-order valence-corrected chi connectivity index (χ4v) is 2.25. The van der Waals surface area contributed by atoms with Crippen LogP contribution in [0.5, 0.6) is 0 Å². The number of hydrogen-bond donors (Lipinski definition) is 1. The molecule has 3 nitrogen and oxygen atoms in total. The minimum absolute atomic E-state index is 0.686. The van der Waals surface area contributed by atoms with E-state index in [9.17, 15) is 0 Å². The molecule has 0 bridgehead atoms. The molecule has 1 aromatic heterocycles. The van der Waals surface area contributed by atoms with Gasteiger partial charge < -0.3 is 4.90 Å². The van der Waals surface area contributed by atoms with E-state index in [2.05, 4.69) is 16.0 Å².